The first-order valence-corrected chi connectivity index (χ1v) is 11.2. The molecular formula is C28H29N3O2. The Kier molecular flexibility index (Phi) is 6.89. The number of H-pyrrole nitrogens is 1. The van der Waals surface area contributed by atoms with Crippen molar-refractivity contribution in [2.75, 3.05) is 25.5 Å². The Hall–Kier alpha value is -3.86. The van der Waals surface area contributed by atoms with Crippen LogP contribution in [0, 0.1) is 0 Å². The lowest BCUT2D eigenvalue weighted by atomic mass is 9.90. The van der Waals surface area contributed by atoms with Gasteiger partial charge in [-0.15, -0.1) is 0 Å². The lowest BCUT2D eigenvalue weighted by Crippen LogP contribution is -2.29. The fourth-order valence-electron chi connectivity index (χ4n) is 4.09. The molecule has 0 saturated carbocycles. The number of hydrogen-bond donors (Lipinski definition) is 2. The number of para-hydroxylation sites is 1. The summed E-state index contributed by atoms with van der Waals surface area (Å²) in [5.74, 6) is -0.140. The molecule has 4 aromatic rings. The van der Waals surface area contributed by atoms with Gasteiger partial charge in [0.05, 0.1) is 0 Å². The Morgan fingerprint density at radius 2 is 1.58 bits per heavy atom. The van der Waals surface area contributed by atoms with Crippen molar-refractivity contribution in [3.63, 3.8) is 0 Å². The van der Waals surface area contributed by atoms with Crippen LogP contribution in [-0.2, 0) is 4.79 Å². The zero-order chi connectivity index (χ0) is 23.2. The van der Waals surface area contributed by atoms with Gasteiger partial charge in [0.2, 0.25) is 5.91 Å². The molecule has 0 spiro atoms. The number of carbonyl (C=O) groups is 2. The van der Waals surface area contributed by atoms with Gasteiger partial charge in [-0.3, -0.25) is 9.59 Å². The molecule has 0 radical (unpaired) electrons. The highest BCUT2D eigenvalue weighted by Gasteiger charge is 2.19. The lowest BCUT2D eigenvalue weighted by Gasteiger charge is -2.20. The molecule has 0 aliphatic carbocycles. The van der Waals surface area contributed by atoms with Crippen molar-refractivity contribution in [1.82, 2.24) is 10.3 Å². The summed E-state index contributed by atoms with van der Waals surface area (Å²) in [5.41, 5.74) is 5.11. The first kappa shape index (κ1) is 22.3. The first-order chi connectivity index (χ1) is 16.0. The second-order valence-corrected chi connectivity index (χ2v) is 8.42. The number of amides is 1. The predicted octanol–water partition coefficient (Wildman–Crippen LogP) is 5.15. The second kappa shape index (κ2) is 10.2. The van der Waals surface area contributed by atoms with Crippen LogP contribution in [0.4, 0.5) is 5.69 Å². The number of aromatic nitrogens is 1. The highest BCUT2D eigenvalue weighted by atomic mass is 16.2. The summed E-state index contributed by atoms with van der Waals surface area (Å²) in [5, 5.41) is 4.21. The highest BCUT2D eigenvalue weighted by molar-refractivity contribution is 5.97. The fraction of sp³-hybridized carbons (Fsp3) is 0.214. The van der Waals surface area contributed by atoms with Crippen LogP contribution in [0.25, 0.3) is 10.9 Å². The third-order valence-corrected chi connectivity index (χ3v) is 5.99. The Balaban J connectivity index is 1.49. The van der Waals surface area contributed by atoms with Crippen molar-refractivity contribution in [1.29, 1.82) is 0 Å². The molecule has 2 N–H and O–H groups in total. The van der Waals surface area contributed by atoms with Gasteiger partial charge in [-0.25, -0.2) is 0 Å². The molecule has 1 unspecified atom stereocenters. The number of rotatable bonds is 9. The molecular weight excluding hydrogens is 410 g/mol. The van der Waals surface area contributed by atoms with Gasteiger partial charge in [0, 0.05) is 67.8 Å². The van der Waals surface area contributed by atoms with Gasteiger partial charge in [0.15, 0.2) is 5.78 Å². The zero-order valence-electron chi connectivity index (χ0n) is 19.0. The molecule has 1 amide bonds. The van der Waals surface area contributed by atoms with Crippen LogP contribution >= 0.6 is 0 Å². The van der Waals surface area contributed by atoms with Crippen LogP contribution in [0.2, 0.25) is 0 Å². The SMILES string of the molecule is CN(C)c1ccc(C(CNC(=O)CCC(=O)c2ccccc2)c2c[nH]c3ccccc23)cc1. The van der Waals surface area contributed by atoms with Crippen molar-refractivity contribution in [3.05, 3.63) is 102 Å². The van der Waals surface area contributed by atoms with Crippen LogP contribution in [0.1, 0.15) is 40.2 Å². The first-order valence-electron chi connectivity index (χ1n) is 11.2. The minimum Gasteiger partial charge on any atom is -0.378 e. The maximum Gasteiger partial charge on any atom is 0.220 e. The van der Waals surface area contributed by atoms with Crippen molar-refractivity contribution in [2.45, 2.75) is 18.8 Å². The van der Waals surface area contributed by atoms with E-state index in [9.17, 15) is 9.59 Å². The van der Waals surface area contributed by atoms with Gasteiger partial charge in [-0.2, -0.15) is 0 Å². The van der Waals surface area contributed by atoms with E-state index in [4.69, 9.17) is 0 Å². The van der Waals surface area contributed by atoms with E-state index < -0.39 is 0 Å². The van der Waals surface area contributed by atoms with E-state index >= 15 is 0 Å². The Morgan fingerprint density at radius 1 is 0.879 bits per heavy atom. The molecule has 1 heterocycles. The molecule has 33 heavy (non-hydrogen) atoms. The topological polar surface area (TPSA) is 65.2 Å². The third kappa shape index (κ3) is 5.32. The number of aromatic amines is 1. The molecule has 0 aliphatic heterocycles. The van der Waals surface area contributed by atoms with Crippen LogP contribution in [0.15, 0.2) is 85.1 Å². The zero-order valence-corrected chi connectivity index (χ0v) is 19.0. The molecule has 1 atom stereocenters. The van der Waals surface area contributed by atoms with E-state index in [1.54, 1.807) is 12.1 Å². The smallest absolute Gasteiger partial charge is 0.220 e. The molecule has 3 aromatic carbocycles. The monoisotopic (exact) mass is 439 g/mol. The second-order valence-electron chi connectivity index (χ2n) is 8.42. The van der Waals surface area contributed by atoms with Gasteiger partial charge in [-0.05, 0) is 29.3 Å². The number of ketones is 1. The van der Waals surface area contributed by atoms with Gasteiger partial charge in [0.25, 0.3) is 0 Å². The van der Waals surface area contributed by atoms with Crippen LogP contribution in [0.5, 0.6) is 0 Å². The normalized spacial score (nSPS) is 11.8. The average Bonchev–Trinajstić information content (AvgIpc) is 3.27. The number of Topliss-reactive ketones (excluding diaryl/α,β-unsaturated/α-hetero) is 1. The molecule has 0 fully saturated rings. The Labute approximate surface area is 194 Å². The lowest BCUT2D eigenvalue weighted by molar-refractivity contribution is -0.121. The van der Waals surface area contributed by atoms with Crippen LogP contribution in [0.3, 0.4) is 0 Å². The summed E-state index contributed by atoms with van der Waals surface area (Å²) >= 11 is 0. The molecule has 0 saturated heterocycles. The van der Waals surface area contributed by atoms with E-state index in [1.807, 2.05) is 50.6 Å². The summed E-state index contributed by atoms with van der Waals surface area (Å²) in [6, 6.07) is 25.7. The van der Waals surface area contributed by atoms with Crippen molar-refractivity contribution < 1.29 is 9.59 Å². The average molecular weight is 440 g/mol. The molecule has 5 nitrogen and oxygen atoms in total. The summed E-state index contributed by atoms with van der Waals surface area (Å²) in [4.78, 5) is 30.4. The molecule has 1 aromatic heterocycles. The fourth-order valence-corrected chi connectivity index (χ4v) is 4.09. The minimum atomic E-state index is -0.117. The quantitative estimate of drug-likeness (QED) is 0.355. The molecule has 0 aliphatic rings. The number of carbonyl (C=O) groups excluding carboxylic acids is 2. The maximum absolute atomic E-state index is 12.6. The van der Waals surface area contributed by atoms with E-state index in [2.05, 4.69) is 51.6 Å². The highest BCUT2D eigenvalue weighted by Crippen LogP contribution is 2.31. The molecule has 4 rings (SSSR count). The number of nitrogens with one attached hydrogen (secondary N) is 2. The summed E-state index contributed by atoms with van der Waals surface area (Å²) in [6.45, 7) is 0.460. The van der Waals surface area contributed by atoms with Gasteiger partial charge >= 0.3 is 0 Å². The number of hydrogen-bond acceptors (Lipinski definition) is 3. The molecule has 0 bridgehead atoms. The molecule has 168 valence electrons. The number of fused-ring (bicyclic) bond motifs is 1. The van der Waals surface area contributed by atoms with Gasteiger partial charge in [0.1, 0.15) is 0 Å². The summed E-state index contributed by atoms with van der Waals surface area (Å²) in [6.07, 6.45) is 2.40. The van der Waals surface area contributed by atoms with Crippen molar-refractivity contribution in [2.24, 2.45) is 0 Å². The van der Waals surface area contributed by atoms with E-state index in [0.717, 1.165) is 27.7 Å². The number of benzene rings is 3. The number of anilines is 1. The van der Waals surface area contributed by atoms with Crippen molar-refractivity contribution in [3.8, 4) is 0 Å². The maximum atomic E-state index is 12.6. The number of nitrogens with zero attached hydrogens (tertiary/aromatic N) is 1. The minimum absolute atomic E-state index is 0.00821. The van der Waals surface area contributed by atoms with Gasteiger partial charge in [-0.1, -0.05) is 60.7 Å². The van der Waals surface area contributed by atoms with Crippen molar-refractivity contribution >= 4 is 28.3 Å². The van der Waals surface area contributed by atoms with Crippen LogP contribution < -0.4 is 10.2 Å². The van der Waals surface area contributed by atoms with Gasteiger partial charge < -0.3 is 15.2 Å². The molecule has 5 heteroatoms. The summed E-state index contributed by atoms with van der Waals surface area (Å²) in [7, 11) is 4.03. The third-order valence-electron chi connectivity index (χ3n) is 5.99. The van der Waals surface area contributed by atoms with E-state index in [1.165, 1.54) is 0 Å². The van der Waals surface area contributed by atoms with E-state index in [0.29, 0.717) is 12.1 Å². The standard InChI is InChI=1S/C28H29N3O2/c1-31(2)22-14-12-20(13-15-22)24(25-19-29-26-11-7-6-10-23(25)26)18-30-28(33)17-16-27(32)21-8-4-3-5-9-21/h3-15,19,24,29H,16-18H2,1-2H3,(H,30,33). The van der Waals surface area contributed by atoms with Crippen LogP contribution in [-0.4, -0.2) is 37.3 Å². The summed E-state index contributed by atoms with van der Waals surface area (Å²) < 4.78 is 0. The Bertz CT molecular complexity index is 1230. The largest absolute Gasteiger partial charge is 0.378 e. The Morgan fingerprint density at radius 3 is 2.30 bits per heavy atom. The predicted molar refractivity (Wildman–Crippen MR) is 134 cm³/mol. The van der Waals surface area contributed by atoms with E-state index in [-0.39, 0.29) is 30.4 Å².